The van der Waals surface area contributed by atoms with Gasteiger partial charge in [0.05, 0.1) is 5.56 Å². The van der Waals surface area contributed by atoms with Crippen LogP contribution in [0.2, 0.25) is 0 Å². The topological polar surface area (TPSA) is 52.0 Å². The van der Waals surface area contributed by atoms with Crippen molar-refractivity contribution in [1.29, 1.82) is 0 Å². The number of halogens is 1. The van der Waals surface area contributed by atoms with E-state index in [1.54, 1.807) is 12.1 Å². The van der Waals surface area contributed by atoms with Crippen LogP contribution in [0.5, 0.6) is 0 Å². The summed E-state index contributed by atoms with van der Waals surface area (Å²) in [4.78, 5) is 0. The van der Waals surface area contributed by atoms with Gasteiger partial charge in [0.2, 0.25) is 0 Å². The molecule has 1 heterocycles. The summed E-state index contributed by atoms with van der Waals surface area (Å²) >= 11 is 0. The van der Waals surface area contributed by atoms with E-state index >= 15 is 0 Å². The van der Waals surface area contributed by atoms with E-state index in [0.29, 0.717) is 11.7 Å². The average molecular weight is 276 g/mol. The quantitative estimate of drug-likeness (QED) is 0.828. The van der Waals surface area contributed by atoms with E-state index in [2.05, 4.69) is 19.0 Å². The molecule has 4 heteroatoms. The fraction of sp³-hybridized carbons (Fsp3) is 0.438. The summed E-state index contributed by atoms with van der Waals surface area (Å²) in [5.74, 6) is 1.26. The van der Waals surface area contributed by atoms with Gasteiger partial charge in [0.1, 0.15) is 11.6 Å². The zero-order valence-corrected chi connectivity index (χ0v) is 12.0. The molecule has 0 unspecified atom stereocenters. The van der Waals surface area contributed by atoms with Crippen molar-refractivity contribution in [2.45, 2.75) is 45.4 Å². The number of hydrogen-bond donors (Lipinski definition) is 1. The highest BCUT2D eigenvalue weighted by Crippen LogP contribution is 2.38. The maximum atomic E-state index is 13.1. The summed E-state index contributed by atoms with van der Waals surface area (Å²) in [5.41, 5.74) is 7.62. The third kappa shape index (κ3) is 3.00. The lowest BCUT2D eigenvalue weighted by atomic mass is 9.91. The van der Waals surface area contributed by atoms with E-state index < -0.39 is 0 Å². The van der Waals surface area contributed by atoms with Crippen LogP contribution in [0.3, 0.4) is 0 Å². The molecule has 1 aromatic carbocycles. The summed E-state index contributed by atoms with van der Waals surface area (Å²) < 4.78 is 18.5. The molecule has 3 nitrogen and oxygen atoms in total. The summed E-state index contributed by atoms with van der Waals surface area (Å²) in [6, 6.07) is 6.30. The first-order valence-corrected chi connectivity index (χ1v) is 7.18. The Morgan fingerprint density at radius 1 is 1.15 bits per heavy atom. The number of rotatable bonds is 6. The minimum Gasteiger partial charge on any atom is -0.380 e. The molecule has 0 bridgehead atoms. The molecule has 2 N–H and O–H groups in total. The number of benzene rings is 1. The highest BCUT2D eigenvalue weighted by molar-refractivity contribution is 5.75. The highest BCUT2D eigenvalue weighted by atomic mass is 19.1. The summed E-state index contributed by atoms with van der Waals surface area (Å²) in [6.07, 6.45) is 4.23. The first-order chi connectivity index (χ1) is 9.67. The van der Waals surface area contributed by atoms with Crippen molar-refractivity contribution in [2.24, 2.45) is 0 Å². The number of nitrogen functional groups attached to an aromatic ring is 1. The maximum absolute atomic E-state index is 13.1. The van der Waals surface area contributed by atoms with Crippen LogP contribution in [0.4, 0.5) is 10.2 Å². The van der Waals surface area contributed by atoms with Crippen LogP contribution >= 0.6 is 0 Å². The second kappa shape index (κ2) is 6.55. The van der Waals surface area contributed by atoms with E-state index in [1.165, 1.54) is 12.1 Å². The van der Waals surface area contributed by atoms with E-state index in [0.717, 1.165) is 42.6 Å². The predicted molar refractivity (Wildman–Crippen MR) is 78.9 cm³/mol. The van der Waals surface area contributed by atoms with Crippen molar-refractivity contribution in [2.75, 3.05) is 5.73 Å². The Morgan fingerprint density at radius 2 is 1.75 bits per heavy atom. The average Bonchev–Trinajstić information content (AvgIpc) is 2.81. The molecular formula is C16H21FN2O. The first-order valence-electron chi connectivity index (χ1n) is 7.18. The largest absolute Gasteiger partial charge is 0.380 e. The van der Waals surface area contributed by atoms with Crippen molar-refractivity contribution < 1.29 is 8.91 Å². The molecule has 0 saturated carbocycles. The van der Waals surface area contributed by atoms with Crippen LogP contribution in [-0.4, -0.2) is 5.16 Å². The molecule has 0 aliphatic rings. The Balaban J connectivity index is 2.42. The van der Waals surface area contributed by atoms with Crippen LogP contribution in [0.25, 0.3) is 11.1 Å². The van der Waals surface area contributed by atoms with Gasteiger partial charge in [0.25, 0.3) is 0 Å². The predicted octanol–water partition coefficient (Wildman–Crippen LogP) is 4.75. The Bertz CT molecular complexity index is 542. The number of hydrogen-bond acceptors (Lipinski definition) is 3. The van der Waals surface area contributed by atoms with Gasteiger partial charge < -0.3 is 10.3 Å². The zero-order valence-electron chi connectivity index (χ0n) is 12.0. The molecule has 108 valence electrons. The van der Waals surface area contributed by atoms with Crippen molar-refractivity contribution >= 4 is 5.82 Å². The molecular weight excluding hydrogens is 255 g/mol. The third-order valence-corrected chi connectivity index (χ3v) is 3.52. The van der Waals surface area contributed by atoms with Crippen LogP contribution in [0.15, 0.2) is 28.8 Å². The Morgan fingerprint density at radius 3 is 2.30 bits per heavy atom. The monoisotopic (exact) mass is 276 g/mol. The standard InChI is InChI=1S/C16H21FN2O/c1-3-5-12(6-4-2)15-14(16(18)19-20-15)11-7-9-13(17)10-8-11/h7-10,12H,3-6H2,1-2H3,(H2,18,19). The fourth-order valence-electron chi connectivity index (χ4n) is 2.60. The van der Waals surface area contributed by atoms with Gasteiger partial charge in [-0.05, 0) is 30.5 Å². The van der Waals surface area contributed by atoms with Gasteiger partial charge in [-0.1, -0.05) is 44.0 Å². The lowest BCUT2D eigenvalue weighted by molar-refractivity contribution is 0.346. The molecule has 0 fully saturated rings. The molecule has 0 atom stereocenters. The van der Waals surface area contributed by atoms with Crippen LogP contribution in [-0.2, 0) is 0 Å². The van der Waals surface area contributed by atoms with Crippen LogP contribution in [0.1, 0.15) is 51.2 Å². The minimum atomic E-state index is -0.260. The SMILES string of the molecule is CCCC(CCC)c1onc(N)c1-c1ccc(F)cc1. The van der Waals surface area contributed by atoms with Gasteiger partial charge in [-0.2, -0.15) is 0 Å². The molecule has 1 aromatic heterocycles. The van der Waals surface area contributed by atoms with E-state index in [9.17, 15) is 4.39 Å². The summed E-state index contributed by atoms with van der Waals surface area (Å²) in [7, 11) is 0. The molecule has 0 amide bonds. The number of nitrogens with zero attached hydrogens (tertiary/aromatic N) is 1. The van der Waals surface area contributed by atoms with Gasteiger partial charge in [0, 0.05) is 5.92 Å². The molecule has 0 saturated heterocycles. The van der Waals surface area contributed by atoms with Gasteiger partial charge in [-0.3, -0.25) is 0 Å². The van der Waals surface area contributed by atoms with Gasteiger partial charge in [-0.15, -0.1) is 0 Å². The Kier molecular flexibility index (Phi) is 4.77. The lowest BCUT2D eigenvalue weighted by Crippen LogP contribution is -1.99. The second-order valence-electron chi connectivity index (χ2n) is 5.09. The number of nitrogens with two attached hydrogens (primary N) is 1. The molecule has 0 aliphatic carbocycles. The minimum absolute atomic E-state index is 0.260. The summed E-state index contributed by atoms with van der Waals surface area (Å²) in [6.45, 7) is 4.31. The lowest BCUT2D eigenvalue weighted by Gasteiger charge is -2.13. The van der Waals surface area contributed by atoms with Gasteiger partial charge in [0.15, 0.2) is 5.82 Å². The molecule has 20 heavy (non-hydrogen) atoms. The Labute approximate surface area is 119 Å². The Hall–Kier alpha value is -1.84. The normalized spacial score (nSPS) is 11.2. The zero-order chi connectivity index (χ0) is 14.5. The van der Waals surface area contributed by atoms with E-state index in [1.807, 2.05) is 0 Å². The highest BCUT2D eigenvalue weighted by Gasteiger charge is 2.23. The number of anilines is 1. The molecule has 0 aliphatic heterocycles. The smallest absolute Gasteiger partial charge is 0.175 e. The van der Waals surface area contributed by atoms with Crippen molar-refractivity contribution in [3.63, 3.8) is 0 Å². The van der Waals surface area contributed by atoms with Crippen LogP contribution in [0, 0.1) is 5.82 Å². The van der Waals surface area contributed by atoms with Crippen molar-refractivity contribution in [1.82, 2.24) is 5.16 Å². The molecule has 2 aromatic rings. The fourth-order valence-corrected chi connectivity index (χ4v) is 2.60. The van der Waals surface area contributed by atoms with E-state index in [-0.39, 0.29) is 5.82 Å². The maximum Gasteiger partial charge on any atom is 0.175 e. The van der Waals surface area contributed by atoms with Gasteiger partial charge >= 0.3 is 0 Å². The van der Waals surface area contributed by atoms with Crippen LogP contribution < -0.4 is 5.73 Å². The van der Waals surface area contributed by atoms with Crippen molar-refractivity contribution in [3.8, 4) is 11.1 Å². The summed E-state index contributed by atoms with van der Waals surface area (Å²) in [5, 5.41) is 3.91. The third-order valence-electron chi connectivity index (χ3n) is 3.52. The first kappa shape index (κ1) is 14.6. The number of aromatic nitrogens is 1. The van der Waals surface area contributed by atoms with Gasteiger partial charge in [-0.25, -0.2) is 4.39 Å². The molecule has 0 spiro atoms. The van der Waals surface area contributed by atoms with E-state index in [4.69, 9.17) is 10.3 Å². The molecule has 0 radical (unpaired) electrons. The van der Waals surface area contributed by atoms with Crippen molar-refractivity contribution in [3.05, 3.63) is 35.8 Å². The second-order valence-corrected chi connectivity index (χ2v) is 5.09. The molecule has 2 rings (SSSR count).